The topological polar surface area (TPSA) is 117 Å². The van der Waals surface area contributed by atoms with Gasteiger partial charge in [0, 0.05) is 49.3 Å². The number of piperazine rings is 1. The number of para-hydroxylation sites is 1. The Kier molecular flexibility index (Phi) is 5.96. The minimum atomic E-state index is -0.944. The van der Waals surface area contributed by atoms with Crippen LogP contribution in [0.15, 0.2) is 35.1 Å². The molecule has 0 spiro atoms. The number of anilines is 1. The summed E-state index contributed by atoms with van der Waals surface area (Å²) in [5.74, 6) is 0.646. The summed E-state index contributed by atoms with van der Waals surface area (Å²) in [6.07, 6.45) is 2.59. The molecule has 1 aromatic carbocycles. The average Bonchev–Trinajstić information content (AvgIpc) is 3.44. The lowest BCUT2D eigenvalue weighted by atomic mass is 10.1. The van der Waals surface area contributed by atoms with Gasteiger partial charge in [-0.1, -0.05) is 6.07 Å². The van der Waals surface area contributed by atoms with Crippen LogP contribution in [-0.4, -0.2) is 95.5 Å². The largest absolute Gasteiger partial charge is 0.391 e. The zero-order valence-electron chi connectivity index (χ0n) is 19.2. The fraction of sp³-hybridized carbons (Fsp3) is 0.409. The van der Waals surface area contributed by atoms with Gasteiger partial charge in [-0.15, -0.1) is 5.10 Å². The first-order valence-corrected chi connectivity index (χ1v) is 11.9. The molecular weight excluding hydrogens is 502 g/mol. The number of hydrogen-bond donors (Lipinski definition) is 2. The highest BCUT2D eigenvalue weighted by atomic mass is 79.9. The van der Waals surface area contributed by atoms with E-state index in [1.54, 1.807) is 27.2 Å². The molecule has 1 fully saturated rings. The highest BCUT2D eigenvalue weighted by Crippen LogP contribution is 2.29. The average molecular weight is 528 g/mol. The molecule has 0 bridgehead atoms. The number of aliphatic hydroxyl groups excluding tert-OH is 1. The van der Waals surface area contributed by atoms with Crippen molar-refractivity contribution in [3.63, 3.8) is 0 Å². The zero-order valence-corrected chi connectivity index (χ0v) is 20.8. The number of benzene rings is 1. The number of likely N-dealkylation sites (N-methyl/N-ethyl adjacent to an activating group) is 1. The van der Waals surface area contributed by atoms with Crippen molar-refractivity contribution in [2.24, 2.45) is 7.05 Å². The van der Waals surface area contributed by atoms with E-state index in [1.165, 1.54) is 0 Å². The maximum Gasteiger partial charge on any atom is 0.247 e. The van der Waals surface area contributed by atoms with E-state index in [2.05, 4.69) is 36.3 Å². The van der Waals surface area contributed by atoms with E-state index >= 15 is 0 Å². The number of carbonyl (C=O) groups is 1. The summed E-state index contributed by atoms with van der Waals surface area (Å²) in [5, 5.41) is 23.4. The molecule has 1 amide bonds. The molecule has 2 N–H and O–H groups in total. The van der Waals surface area contributed by atoms with Gasteiger partial charge in [-0.25, -0.2) is 9.97 Å². The molecule has 4 aromatic rings. The number of nitrogens with one attached hydrogen (secondary N) is 1. The third-order valence-electron chi connectivity index (χ3n) is 6.06. The van der Waals surface area contributed by atoms with Gasteiger partial charge in [0.1, 0.15) is 6.04 Å². The normalized spacial score (nSPS) is 16.8. The number of nitrogens with zero attached hydrogens (tertiary/aromatic N) is 8. The Balaban J connectivity index is 1.60. The molecule has 3 aromatic heterocycles. The van der Waals surface area contributed by atoms with Crippen LogP contribution in [0, 0.1) is 0 Å². The Labute approximate surface area is 204 Å². The Morgan fingerprint density at radius 2 is 1.94 bits per heavy atom. The van der Waals surface area contributed by atoms with Crippen LogP contribution in [0.1, 0.15) is 6.92 Å². The summed E-state index contributed by atoms with van der Waals surface area (Å²) in [7, 11) is 3.86. The van der Waals surface area contributed by atoms with E-state index in [9.17, 15) is 9.90 Å². The first-order valence-electron chi connectivity index (χ1n) is 11.1. The molecule has 4 heterocycles. The van der Waals surface area contributed by atoms with Crippen LogP contribution < -0.4 is 5.32 Å². The van der Waals surface area contributed by atoms with Crippen molar-refractivity contribution in [3.05, 3.63) is 35.1 Å². The van der Waals surface area contributed by atoms with E-state index in [0.717, 1.165) is 28.5 Å². The van der Waals surface area contributed by atoms with Crippen molar-refractivity contribution in [1.82, 2.24) is 39.2 Å². The SMILES string of the molecule is CC(O)[C@@H](Nc1nc2c(Br)cccc2c2nc(-c3cnn(C)c3)nn12)C(=O)N1CCN(C)CC1. The second-order valence-corrected chi connectivity index (χ2v) is 9.49. The number of hydrogen-bond acceptors (Lipinski definition) is 8. The molecule has 0 saturated carbocycles. The number of halogens is 1. The number of aromatic nitrogens is 6. The number of carbonyl (C=O) groups excluding carboxylic acids is 1. The highest BCUT2D eigenvalue weighted by Gasteiger charge is 2.31. The summed E-state index contributed by atoms with van der Waals surface area (Å²) in [6, 6.07) is 4.85. The van der Waals surface area contributed by atoms with Gasteiger partial charge in [0.25, 0.3) is 0 Å². The highest BCUT2D eigenvalue weighted by molar-refractivity contribution is 9.10. The molecule has 1 unspecified atom stereocenters. The molecule has 11 nitrogen and oxygen atoms in total. The van der Waals surface area contributed by atoms with E-state index in [-0.39, 0.29) is 5.91 Å². The van der Waals surface area contributed by atoms with Crippen LogP contribution in [0.3, 0.4) is 0 Å². The summed E-state index contributed by atoms with van der Waals surface area (Å²) in [4.78, 5) is 26.8. The molecule has 1 aliphatic heterocycles. The maximum absolute atomic E-state index is 13.3. The molecule has 5 rings (SSSR count). The predicted molar refractivity (Wildman–Crippen MR) is 131 cm³/mol. The minimum Gasteiger partial charge on any atom is -0.391 e. The number of aryl methyl sites for hydroxylation is 1. The van der Waals surface area contributed by atoms with E-state index in [1.807, 2.05) is 38.5 Å². The molecule has 0 radical (unpaired) electrons. The molecule has 1 saturated heterocycles. The predicted octanol–water partition coefficient (Wildman–Crippen LogP) is 1.38. The summed E-state index contributed by atoms with van der Waals surface area (Å²) in [5.41, 5.74) is 2.03. The summed E-state index contributed by atoms with van der Waals surface area (Å²) >= 11 is 3.57. The number of fused-ring (bicyclic) bond motifs is 3. The first-order chi connectivity index (χ1) is 16.3. The molecule has 178 valence electrons. The molecule has 2 atom stereocenters. The second kappa shape index (κ2) is 8.93. The summed E-state index contributed by atoms with van der Waals surface area (Å²) < 4.78 is 4.06. The number of aliphatic hydroxyl groups is 1. The van der Waals surface area contributed by atoms with Crippen LogP contribution >= 0.6 is 15.9 Å². The first kappa shape index (κ1) is 22.7. The van der Waals surface area contributed by atoms with E-state index in [0.29, 0.717) is 36.0 Å². The van der Waals surface area contributed by atoms with Crippen molar-refractivity contribution in [2.75, 3.05) is 38.5 Å². The van der Waals surface area contributed by atoms with Gasteiger partial charge >= 0.3 is 0 Å². The quantitative estimate of drug-likeness (QED) is 0.399. The van der Waals surface area contributed by atoms with Crippen LogP contribution in [0.2, 0.25) is 0 Å². The van der Waals surface area contributed by atoms with Crippen molar-refractivity contribution in [1.29, 1.82) is 0 Å². The van der Waals surface area contributed by atoms with E-state index in [4.69, 9.17) is 9.97 Å². The zero-order chi connectivity index (χ0) is 24.0. The van der Waals surface area contributed by atoms with Gasteiger partial charge in [0.05, 0.1) is 23.4 Å². The summed E-state index contributed by atoms with van der Waals surface area (Å²) in [6.45, 7) is 4.41. The monoisotopic (exact) mass is 527 g/mol. The van der Waals surface area contributed by atoms with Gasteiger partial charge in [-0.2, -0.15) is 9.61 Å². The third kappa shape index (κ3) is 4.12. The second-order valence-electron chi connectivity index (χ2n) is 8.64. The Hall–Kier alpha value is -3.09. The lowest BCUT2D eigenvalue weighted by Gasteiger charge is -2.35. The lowest BCUT2D eigenvalue weighted by Crippen LogP contribution is -2.54. The molecule has 1 aliphatic rings. The van der Waals surface area contributed by atoms with E-state index < -0.39 is 12.1 Å². The van der Waals surface area contributed by atoms with Crippen molar-refractivity contribution < 1.29 is 9.90 Å². The molecule has 0 aliphatic carbocycles. The third-order valence-corrected chi connectivity index (χ3v) is 6.70. The fourth-order valence-electron chi connectivity index (χ4n) is 4.10. The number of rotatable bonds is 5. The van der Waals surface area contributed by atoms with Gasteiger partial charge in [-0.05, 0) is 42.0 Å². The van der Waals surface area contributed by atoms with Gasteiger partial charge in [-0.3, -0.25) is 9.48 Å². The Morgan fingerprint density at radius 3 is 2.62 bits per heavy atom. The smallest absolute Gasteiger partial charge is 0.247 e. The van der Waals surface area contributed by atoms with Gasteiger partial charge < -0.3 is 20.2 Å². The minimum absolute atomic E-state index is 0.169. The standard InChI is InChI=1S/C22H26BrN9O2/c1-13(33)17(21(34)31-9-7-29(2)8-10-31)25-22-26-18-15(5-4-6-16(18)23)20-27-19(28-32(20)22)14-11-24-30(3)12-14/h4-6,11-13,17,33H,7-10H2,1-3H3,(H,25,26)/t13?,17-/m1/s1. The fourth-order valence-corrected chi connectivity index (χ4v) is 4.56. The Morgan fingerprint density at radius 1 is 1.18 bits per heavy atom. The van der Waals surface area contributed by atoms with Crippen LogP contribution in [-0.2, 0) is 11.8 Å². The maximum atomic E-state index is 13.3. The van der Waals surface area contributed by atoms with Crippen molar-refractivity contribution >= 4 is 44.3 Å². The van der Waals surface area contributed by atoms with Crippen LogP contribution in [0.5, 0.6) is 0 Å². The molecule has 34 heavy (non-hydrogen) atoms. The number of amides is 1. The van der Waals surface area contributed by atoms with Crippen molar-refractivity contribution in [2.45, 2.75) is 19.1 Å². The Bertz CT molecular complexity index is 1360. The molecular formula is C22H26BrN9O2. The molecule has 12 heteroatoms. The van der Waals surface area contributed by atoms with Crippen LogP contribution in [0.25, 0.3) is 27.9 Å². The van der Waals surface area contributed by atoms with Crippen LogP contribution in [0.4, 0.5) is 5.95 Å². The van der Waals surface area contributed by atoms with Crippen molar-refractivity contribution in [3.8, 4) is 11.4 Å². The van der Waals surface area contributed by atoms with Gasteiger partial charge in [0.2, 0.25) is 11.9 Å². The van der Waals surface area contributed by atoms with Gasteiger partial charge in [0.15, 0.2) is 11.5 Å². The lowest BCUT2D eigenvalue weighted by molar-refractivity contribution is -0.135.